The van der Waals surface area contributed by atoms with Gasteiger partial charge in [0.1, 0.15) is 0 Å². The maximum absolute atomic E-state index is 12.1. The molecule has 1 aromatic rings. The van der Waals surface area contributed by atoms with Crippen molar-refractivity contribution in [3.63, 3.8) is 0 Å². The number of likely N-dealkylation sites (tertiary alicyclic amines) is 1. The Morgan fingerprint density at radius 2 is 2.26 bits per heavy atom. The van der Waals surface area contributed by atoms with Crippen molar-refractivity contribution < 1.29 is 4.79 Å². The molecular weight excluding hydrogens is 287 g/mol. The van der Waals surface area contributed by atoms with Crippen molar-refractivity contribution in [1.82, 2.24) is 15.1 Å². The number of nitrogens with zero attached hydrogens (tertiary/aromatic N) is 2. The molecule has 110 valence electrons. The van der Waals surface area contributed by atoms with Crippen LogP contribution in [-0.4, -0.2) is 40.1 Å². The second kappa shape index (κ2) is 7.12. The lowest BCUT2D eigenvalue weighted by atomic mass is 9.79. The molecule has 1 aromatic heterocycles. The summed E-state index contributed by atoms with van der Waals surface area (Å²) in [5, 5.41) is 6.66. The highest BCUT2D eigenvalue weighted by atomic mass is 35.5. The van der Waals surface area contributed by atoms with Crippen LogP contribution in [0.25, 0.3) is 0 Å². The van der Waals surface area contributed by atoms with Gasteiger partial charge in [-0.25, -0.2) is 0 Å². The summed E-state index contributed by atoms with van der Waals surface area (Å²) in [4.78, 5) is 14.0. The lowest BCUT2D eigenvalue weighted by molar-refractivity contribution is -0.133. The molecule has 0 bridgehead atoms. The number of nitrogens with one attached hydrogen (secondary N) is 1. The molecular formula is C12H22Cl2N4O. The fraction of sp³-hybridized carbons (Fsp3) is 0.667. The second-order valence-electron chi connectivity index (χ2n) is 5.46. The third kappa shape index (κ3) is 4.37. The van der Waals surface area contributed by atoms with Gasteiger partial charge in [-0.15, -0.1) is 24.8 Å². The molecule has 1 aliphatic heterocycles. The molecule has 1 saturated heterocycles. The van der Waals surface area contributed by atoms with E-state index in [1.807, 2.05) is 11.0 Å². The lowest BCUT2D eigenvalue weighted by Gasteiger charge is -2.42. The zero-order valence-corrected chi connectivity index (χ0v) is 12.9. The highest BCUT2D eigenvalue weighted by molar-refractivity contribution is 5.85. The van der Waals surface area contributed by atoms with Gasteiger partial charge in [-0.05, 0) is 17.9 Å². The van der Waals surface area contributed by atoms with E-state index >= 15 is 0 Å². The van der Waals surface area contributed by atoms with Crippen LogP contribution in [0.5, 0.6) is 0 Å². The fourth-order valence-corrected chi connectivity index (χ4v) is 2.24. The molecule has 3 N–H and O–H groups in total. The van der Waals surface area contributed by atoms with Crippen molar-refractivity contribution in [2.45, 2.75) is 32.7 Å². The standard InChI is InChI=1S/C12H20N4O.2ClH/c1-12(2)8-16(6-4-10(12)13)11(17)7-9-3-5-14-15-9;;/h3,5,10H,4,6-8,13H2,1-2H3,(H,14,15);2*1H. The number of aromatic amines is 1. The van der Waals surface area contributed by atoms with Crippen LogP contribution in [0.2, 0.25) is 0 Å². The van der Waals surface area contributed by atoms with Gasteiger partial charge in [0, 0.05) is 31.0 Å². The molecule has 1 unspecified atom stereocenters. The number of hydrogen-bond acceptors (Lipinski definition) is 3. The number of nitrogens with two attached hydrogens (primary N) is 1. The first kappa shape index (κ1) is 18.2. The Hall–Kier alpha value is -0.780. The number of piperidine rings is 1. The molecule has 1 atom stereocenters. The van der Waals surface area contributed by atoms with Crippen molar-refractivity contribution >= 4 is 30.7 Å². The van der Waals surface area contributed by atoms with Crippen LogP contribution in [0.4, 0.5) is 0 Å². The summed E-state index contributed by atoms with van der Waals surface area (Å²) in [6.07, 6.45) is 2.94. The number of rotatable bonds is 2. The Labute approximate surface area is 126 Å². The molecule has 19 heavy (non-hydrogen) atoms. The summed E-state index contributed by atoms with van der Waals surface area (Å²) in [6.45, 7) is 5.74. The molecule has 0 aliphatic carbocycles. The molecule has 1 aliphatic rings. The van der Waals surface area contributed by atoms with Crippen molar-refractivity contribution in [2.24, 2.45) is 11.1 Å². The Morgan fingerprint density at radius 1 is 1.58 bits per heavy atom. The first-order chi connectivity index (χ1) is 7.99. The number of hydrogen-bond donors (Lipinski definition) is 2. The van der Waals surface area contributed by atoms with E-state index in [-0.39, 0.29) is 42.2 Å². The van der Waals surface area contributed by atoms with Crippen LogP contribution in [0.1, 0.15) is 26.0 Å². The quantitative estimate of drug-likeness (QED) is 0.867. The molecule has 2 rings (SSSR count). The van der Waals surface area contributed by atoms with Gasteiger partial charge in [-0.1, -0.05) is 13.8 Å². The predicted molar refractivity (Wildman–Crippen MR) is 79.7 cm³/mol. The Bertz CT molecular complexity index is 394. The minimum atomic E-state index is 0. The first-order valence-electron chi connectivity index (χ1n) is 6.00. The van der Waals surface area contributed by atoms with Crippen LogP contribution in [-0.2, 0) is 11.2 Å². The van der Waals surface area contributed by atoms with E-state index in [1.54, 1.807) is 6.20 Å². The highest BCUT2D eigenvalue weighted by Crippen LogP contribution is 2.27. The van der Waals surface area contributed by atoms with Crippen molar-refractivity contribution in [3.8, 4) is 0 Å². The molecule has 1 amide bonds. The maximum Gasteiger partial charge on any atom is 0.228 e. The van der Waals surface area contributed by atoms with E-state index in [4.69, 9.17) is 5.73 Å². The molecule has 0 aromatic carbocycles. The Balaban J connectivity index is 0.00000162. The summed E-state index contributed by atoms with van der Waals surface area (Å²) in [5.41, 5.74) is 6.92. The van der Waals surface area contributed by atoms with E-state index in [1.165, 1.54) is 0 Å². The average molecular weight is 309 g/mol. The van der Waals surface area contributed by atoms with Gasteiger partial charge in [0.2, 0.25) is 5.91 Å². The van der Waals surface area contributed by atoms with Crippen LogP contribution < -0.4 is 5.73 Å². The summed E-state index contributed by atoms with van der Waals surface area (Å²) in [5.74, 6) is 0.147. The molecule has 0 spiro atoms. The number of carbonyl (C=O) groups excluding carboxylic acids is 1. The normalized spacial score (nSPS) is 21.2. The number of amides is 1. The zero-order chi connectivity index (χ0) is 12.5. The van der Waals surface area contributed by atoms with Gasteiger partial charge in [-0.3, -0.25) is 9.89 Å². The predicted octanol–water partition coefficient (Wildman–Crippen LogP) is 1.38. The van der Waals surface area contributed by atoms with Gasteiger partial charge in [0.05, 0.1) is 6.42 Å². The molecule has 1 fully saturated rings. The molecule has 2 heterocycles. The van der Waals surface area contributed by atoms with Crippen LogP contribution in [0.3, 0.4) is 0 Å². The monoisotopic (exact) mass is 308 g/mol. The number of carbonyl (C=O) groups is 1. The number of H-pyrrole nitrogens is 1. The van der Waals surface area contributed by atoms with Crippen LogP contribution in [0.15, 0.2) is 12.3 Å². The Morgan fingerprint density at radius 3 is 2.79 bits per heavy atom. The average Bonchev–Trinajstić information content (AvgIpc) is 2.74. The van der Waals surface area contributed by atoms with E-state index < -0.39 is 0 Å². The van der Waals surface area contributed by atoms with E-state index in [9.17, 15) is 4.79 Å². The smallest absolute Gasteiger partial charge is 0.228 e. The van der Waals surface area contributed by atoms with Gasteiger partial charge < -0.3 is 10.6 Å². The van der Waals surface area contributed by atoms with E-state index in [0.29, 0.717) is 6.42 Å². The van der Waals surface area contributed by atoms with Crippen molar-refractivity contribution in [2.75, 3.05) is 13.1 Å². The summed E-state index contributed by atoms with van der Waals surface area (Å²) < 4.78 is 0. The summed E-state index contributed by atoms with van der Waals surface area (Å²) >= 11 is 0. The van der Waals surface area contributed by atoms with Gasteiger partial charge in [-0.2, -0.15) is 5.10 Å². The third-order valence-electron chi connectivity index (χ3n) is 3.56. The van der Waals surface area contributed by atoms with Crippen LogP contribution in [0, 0.1) is 5.41 Å². The van der Waals surface area contributed by atoms with Gasteiger partial charge in [0.25, 0.3) is 0 Å². The van der Waals surface area contributed by atoms with Crippen molar-refractivity contribution in [3.05, 3.63) is 18.0 Å². The number of aromatic nitrogens is 2. The Kier molecular flexibility index (Phi) is 6.83. The fourth-order valence-electron chi connectivity index (χ4n) is 2.24. The topological polar surface area (TPSA) is 75.0 Å². The number of halogens is 2. The second-order valence-corrected chi connectivity index (χ2v) is 5.46. The summed E-state index contributed by atoms with van der Waals surface area (Å²) in [6, 6.07) is 2.01. The molecule has 0 radical (unpaired) electrons. The lowest BCUT2D eigenvalue weighted by Crippen LogP contribution is -2.54. The van der Waals surface area contributed by atoms with Crippen LogP contribution >= 0.6 is 24.8 Å². The third-order valence-corrected chi connectivity index (χ3v) is 3.56. The first-order valence-corrected chi connectivity index (χ1v) is 6.00. The minimum Gasteiger partial charge on any atom is -0.342 e. The van der Waals surface area contributed by atoms with Gasteiger partial charge >= 0.3 is 0 Å². The molecule has 0 saturated carbocycles. The molecule has 5 nitrogen and oxygen atoms in total. The van der Waals surface area contributed by atoms with Gasteiger partial charge in [0.15, 0.2) is 0 Å². The summed E-state index contributed by atoms with van der Waals surface area (Å²) in [7, 11) is 0. The zero-order valence-electron chi connectivity index (χ0n) is 11.3. The highest BCUT2D eigenvalue weighted by Gasteiger charge is 2.35. The van der Waals surface area contributed by atoms with E-state index in [2.05, 4.69) is 24.0 Å². The van der Waals surface area contributed by atoms with E-state index in [0.717, 1.165) is 25.2 Å². The van der Waals surface area contributed by atoms with Crippen molar-refractivity contribution in [1.29, 1.82) is 0 Å². The maximum atomic E-state index is 12.1. The minimum absolute atomic E-state index is 0. The largest absolute Gasteiger partial charge is 0.342 e. The molecule has 7 heteroatoms. The SMILES string of the molecule is CC1(C)CN(C(=O)Cc2ccn[nH]2)CCC1N.Cl.Cl.